The highest BCUT2D eigenvalue weighted by Gasteiger charge is 2.23. The molecule has 0 saturated carbocycles. The third-order valence-electron chi connectivity index (χ3n) is 4.02. The fraction of sp³-hybridized carbons (Fsp3) is 0.333. The summed E-state index contributed by atoms with van der Waals surface area (Å²) in [6.07, 6.45) is 0.375. The molecule has 2 rings (SSSR count). The summed E-state index contributed by atoms with van der Waals surface area (Å²) in [6.45, 7) is 4.23. The van der Waals surface area contributed by atoms with Crippen LogP contribution in [0, 0.1) is 5.92 Å². The lowest BCUT2D eigenvalue weighted by Crippen LogP contribution is -2.42. The van der Waals surface area contributed by atoms with E-state index < -0.39 is 6.04 Å². The summed E-state index contributed by atoms with van der Waals surface area (Å²) in [6, 6.07) is 17.8. The Morgan fingerprint density at radius 1 is 0.923 bits per heavy atom. The van der Waals surface area contributed by atoms with Gasteiger partial charge in [0.05, 0.1) is 0 Å². The van der Waals surface area contributed by atoms with Crippen LogP contribution in [0.4, 0.5) is 0 Å². The number of carbonyl (C=O) groups excluding carboxylic acids is 2. The molecule has 5 heteroatoms. The van der Waals surface area contributed by atoms with E-state index in [0.29, 0.717) is 13.0 Å². The summed E-state index contributed by atoms with van der Waals surface area (Å²) in [5.41, 5.74) is 7.84. The average Bonchev–Trinajstić information content (AvgIpc) is 2.64. The van der Waals surface area contributed by atoms with Gasteiger partial charge < -0.3 is 16.4 Å². The SMILES string of the molecule is CC(C)CC(=O)NC(C(=O)NCC(N)c1ccccc1)c1ccccc1. The van der Waals surface area contributed by atoms with Crippen molar-refractivity contribution in [1.82, 2.24) is 10.6 Å². The van der Waals surface area contributed by atoms with Crippen LogP contribution >= 0.6 is 0 Å². The van der Waals surface area contributed by atoms with Crippen molar-refractivity contribution in [3.63, 3.8) is 0 Å². The number of hydrogen-bond acceptors (Lipinski definition) is 3. The van der Waals surface area contributed by atoms with Crippen LogP contribution in [-0.4, -0.2) is 18.4 Å². The predicted molar refractivity (Wildman–Crippen MR) is 103 cm³/mol. The zero-order chi connectivity index (χ0) is 18.9. The average molecular weight is 353 g/mol. The molecule has 138 valence electrons. The number of nitrogens with one attached hydrogen (secondary N) is 2. The van der Waals surface area contributed by atoms with Gasteiger partial charge in [0.25, 0.3) is 0 Å². The molecule has 5 nitrogen and oxygen atoms in total. The molecular weight excluding hydrogens is 326 g/mol. The third kappa shape index (κ3) is 6.01. The van der Waals surface area contributed by atoms with Crippen molar-refractivity contribution >= 4 is 11.8 Å². The summed E-state index contributed by atoms with van der Waals surface area (Å²) < 4.78 is 0. The van der Waals surface area contributed by atoms with Crippen molar-refractivity contribution in [3.05, 3.63) is 71.8 Å². The van der Waals surface area contributed by atoms with Gasteiger partial charge in [-0.1, -0.05) is 74.5 Å². The number of rotatable bonds is 8. The molecule has 2 aromatic carbocycles. The normalized spacial score (nSPS) is 13.1. The molecule has 0 aliphatic rings. The van der Waals surface area contributed by atoms with Crippen LogP contribution < -0.4 is 16.4 Å². The number of amides is 2. The summed E-state index contributed by atoms with van der Waals surface area (Å²) in [5.74, 6) is -0.183. The van der Waals surface area contributed by atoms with Gasteiger partial charge in [0.15, 0.2) is 0 Å². The highest BCUT2D eigenvalue weighted by molar-refractivity contribution is 5.88. The first kappa shape index (κ1) is 19.7. The standard InChI is InChI=1S/C21H27N3O2/c1-15(2)13-19(25)24-20(17-11-7-4-8-12-17)21(26)23-14-18(22)16-9-5-3-6-10-16/h3-12,15,18,20H,13-14,22H2,1-2H3,(H,23,26)(H,24,25). The number of hydrogen-bond donors (Lipinski definition) is 3. The first-order valence-corrected chi connectivity index (χ1v) is 8.90. The lowest BCUT2D eigenvalue weighted by molar-refractivity contribution is -0.129. The molecule has 0 saturated heterocycles. The van der Waals surface area contributed by atoms with Crippen molar-refractivity contribution in [2.75, 3.05) is 6.54 Å². The molecule has 2 atom stereocenters. The van der Waals surface area contributed by atoms with Gasteiger partial charge in [0, 0.05) is 19.0 Å². The Morgan fingerprint density at radius 3 is 2.00 bits per heavy atom. The van der Waals surface area contributed by atoms with Crippen LogP contribution in [0.3, 0.4) is 0 Å². The molecule has 0 fully saturated rings. The van der Waals surface area contributed by atoms with Gasteiger partial charge in [0.1, 0.15) is 6.04 Å². The van der Waals surface area contributed by atoms with Crippen LogP contribution in [0.2, 0.25) is 0 Å². The summed E-state index contributed by atoms with van der Waals surface area (Å²) in [5, 5.41) is 5.70. The van der Waals surface area contributed by atoms with Gasteiger partial charge in [-0.3, -0.25) is 9.59 Å². The highest BCUT2D eigenvalue weighted by Crippen LogP contribution is 2.15. The van der Waals surface area contributed by atoms with Crippen LogP contribution in [0.25, 0.3) is 0 Å². The number of carbonyl (C=O) groups is 2. The highest BCUT2D eigenvalue weighted by atomic mass is 16.2. The van der Waals surface area contributed by atoms with Crippen molar-refractivity contribution in [1.29, 1.82) is 0 Å². The van der Waals surface area contributed by atoms with Crippen LogP contribution in [0.1, 0.15) is 43.5 Å². The van der Waals surface area contributed by atoms with E-state index in [-0.39, 0.29) is 23.8 Å². The second-order valence-corrected chi connectivity index (χ2v) is 6.77. The second kappa shape index (κ2) is 9.73. The van der Waals surface area contributed by atoms with E-state index >= 15 is 0 Å². The maximum atomic E-state index is 12.7. The van der Waals surface area contributed by atoms with E-state index in [9.17, 15) is 9.59 Å². The van der Waals surface area contributed by atoms with E-state index in [1.165, 1.54) is 0 Å². The van der Waals surface area contributed by atoms with E-state index in [0.717, 1.165) is 11.1 Å². The quantitative estimate of drug-likeness (QED) is 0.682. The van der Waals surface area contributed by atoms with Gasteiger partial charge in [-0.25, -0.2) is 0 Å². The van der Waals surface area contributed by atoms with Crippen LogP contribution in [-0.2, 0) is 9.59 Å². The molecule has 2 amide bonds. The summed E-state index contributed by atoms with van der Waals surface area (Å²) >= 11 is 0. The van der Waals surface area contributed by atoms with Gasteiger partial charge in [-0.15, -0.1) is 0 Å². The molecule has 0 bridgehead atoms. The maximum absolute atomic E-state index is 12.7. The largest absolute Gasteiger partial charge is 0.352 e. The summed E-state index contributed by atoms with van der Waals surface area (Å²) in [7, 11) is 0. The molecule has 0 heterocycles. The number of nitrogens with two attached hydrogens (primary N) is 1. The predicted octanol–water partition coefficient (Wildman–Crippen LogP) is 2.71. The zero-order valence-corrected chi connectivity index (χ0v) is 15.3. The Balaban J connectivity index is 2.04. The van der Waals surface area contributed by atoms with Crippen LogP contribution in [0.15, 0.2) is 60.7 Å². The lowest BCUT2D eigenvalue weighted by Gasteiger charge is -2.21. The number of benzene rings is 2. The van der Waals surface area contributed by atoms with E-state index in [1.807, 2.05) is 74.5 Å². The first-order chi connectivity index (χ1) is 12.5. The molecule has 0 aliphatic carbocycles. The molecule has 0 aliphatic heterocycles. The molecule has 0 aromatic heterocycles. The zero-order valence-electron chi connectivity index (χ0n) is 15.3. The van der Waals surface area contributed by atoms with E-state index in [1.54, 1.807) is 0 Å². The molecular formula is C21H27N3O2. The Labute approximate surface area is 155 Å². The Morgan fingerprint density at radius 2 is 1.46 bits per heavy atom. The van der Waals surface area contributed by atoms with Crippen molar-refractivity contribution in [2.24, 2.45) is 11.7 Å². The van der Waals surface area contributed by atoms with Crippen molar-refractivity contribution in [2.45, 2.75) is 32.4 Å². The Kier molecular flexibility index (Phi) is 7.36. The summed E-state index contributed by atoms with van der Waals surface area (Å²) in [4.78, 5) is 24.9. The minimum Gasteiger partial charge on any atom is -0.352 e. The Bertz CT molecular complexity index is 702. The third-order valence-corrected chi connectivity index (χ3v) is 4.02. The molecule has 0 spiro atoms. The monoisotopic (exact) mass is 353 g/mol. The van der Waals surface area contributed by atoms with Crippen molar-refractivity contribution < 1.29 is 9.59 Å². The Hall–Kier alpha value is -2.66. The molecule has 2 unspecified atom stereocenters. The molecule has 26 heavy (non-hydrogen) atoms. The smallest absolute Gasteiger partial charge is 0.247 e. The van der Waals surface area contributed by atoms with Crippen molar-refractivity contribution in [3.8, 4) is 0 Å². The first-order valence-electron chi connectivity index (χ1n) is 8.90. The molecule has 0 radical (unpaired) electrons. The van der Waals surface area contributed by atoms with E-state index in [4.69, 9.17) is 5.73 Å². The van der Waals surface area contributed by atoms with Gasteiger partial charge >= 0.3 is 0 Å². The van der Waals surface area contributed by atoms with E-state index in [2.05, 4.69) is 10.6 Å². The van der Waals surface area contributed by atoms with Gasteiger partial charge in [0.2, 0.25) is 11.8 Å². The topological polar surface area (TPSA) is 84.2 Å². The second-order valence-electron chi connectivity index (χ2n) is 6.77. The van der Waals surface area contributed by atoms with Gasteiger partial charge in [-0.05, 0) is 17.0 Å². The minimum atomic E-state index is -0.731. The van der Waals surface area contributed by atoms with Crippen LogP contribution in [0.5, 0.6) is 0 Å². The maximum Gasteiger partial charge on any atom is 0.247 e. The van der Waals surface area contributed by atoms with Gasteiger partial charge in [-0.2, -0.15) is 0 Å². The molecule has 2 aromatic rings. The fourth-order valence-corrected chi connectivity index (χ4v) is 2.67. The lowest BCUT2D eigenvalue weighted by atomic mass is 10.0. The fourth-order valence-electron chi connectivity index (χ4n) is 2.67. The molecule has 4 N–H and O–H groups in total. The minimum absolute atomic E-state index is 0.142.